The van der Waals surface area contributed by atoms with Gasteiger partial charge in [0.2, 0.25) is 11.9 Å². The summed E-state index contributed by atoms with van der Waals surface area (Å²) in [5.41, 5.74) is 8.52. The molecule has 0 aliphatic heterocycles. The van der Waals surface area contributed by atoms with E-state index in [1.807, 2.05) is 6.92 Å². The standard InChI is InChI=1S/C15H19N9O3/c1-3-18-11-7-12(21-14(20-11)22-23-16)24(5-19-7)8-6-4-15(6,13(27)17-2)10(26)9(8)25/h5-6,8-10,25-26H,3-4H2,1-2H3,(H,17,27)(H,18,20,21)/t6?,8-,9+,10+,15-/m1/s1. The van der Waals surface area contributed by atoms with Gasteiger partial charge >= 0.3 is 0 Å². The second-order valence-corrected chi connectivity index (χ2v) is 6.77. The van der Waals surface area contributed by atoms with Crippen LogP contribution >= 0.6 is 0 Å². The number of azide groups is 1. The monoisotopic (exact) mass is 373 g/mol. The average molecular weight is 373 g/mol. The maximum absolute atomic E-state index is 12.3. The smallest absolute Gasteiger partial charge is 0.229 e. The van der Waals surface area contributed by atoms with Gasteiger partial charge in [-0.15, -0.1) is 0 Å². The van der Waals surface area contributed by atoms with Gasteiger partial charge in [0.1, 0.15) is 11.6 Å². The minimum atomic E-state index is -1.18. The molecule has 12 heteroatoms. The number of aromatic nitrogens is 4. The Kier molecular flexibility index (Phi) is 3.91. The van der Waals surface area contributed by atoms with E-state index in [2.05, 4.69) is 35.6 Å². The van der Waals surface area contributed by atoms with Crippen molar-refractivity contribution in [2.24, 2.45) is 16.4 Å². The number of imidazole rings is 1. The number of aliphatic hydroxyl groups excluding tert-OH is 2. The van der Waals surface area contributed by atoms with Crippen LogP contribution in [-0.4, -0.2) is 61.4 Å². The van der Waals surface area contributed by atoms with E-state index >= 15 is 0 Å². The number of carbonyl (C=O) groups excluding carboxylic acids is 1. The van der Waals surface area contributed by atoms with Gasteiger partial charge in [-0.2, -0.15) is 0 Å². The predicted octanol–water partition coefficient (Wildman–Crippen LogP) is 0.229. The molecule has 5 atom stereocenters. The quantitative estimate of drug-likeness (QED) is 0.329. The van der Waals surface area contributed by atoms with Gasteiger partial charge in [0, 0.05) is 24.4 Å². The molecule has 2 aromatic rings. The molecular formula is C15H19N9O3. The fraction of sp³-hybridized carbons (Fsp3) is 0.600. The Morgan fingerprint density at radius 3 is 2.96 bits per heavy atom. The van der Waals surface area contributed by atoms with Gasteiger partial charge in [-0.25, -0.2) is 15.0 Å². The van der Waals surface area contributed by atoms with Gasteiger partial charge in [-0.05, 0) is 24.0 Å². The number of hydrogen-bond donors (Lipinski definition) is 4. The van der Waals surface area contributed by atoms with Crippen LogP contribution in [-0.2, 0) is 4.79 Å². The number of amides is 1. The second kappa shape index (κ2) is 6.05. The van der Waals surface area contributed by atoms with Crippen LogP contribution < -0.4 is 10.6 Å². The lowest BCUT2D eigenvalue weighted by Crippen LogP contribution is -2.41. The minimum absolute atomic E-state index is 0.0795. The molecule has 2 heterocycles. The van der Waals surface area contributed by atoms with Gasteiger partial charge in [0.25, 0.3) is 0 Å². The third-order valence-corrected chi connectivity index (χ3v) is 5.53. The lowest BCUT2D eigenvalue weighted by Gasteiger charge is -2.23. The topological polar surface area (TPSA) is 174 Å². The summed E-state index contributed by atoms with van der Waals surface area (Å²) in [5, 5.41) is 30.2. The van der Waals surface area contributed by atoms with Crippen molar-refractivity contribution < 1.29 is 15.0 Å². The summed E-state index contributed by atoms with van der Waals surface area (Å²) in [6, 6.07) is -0.578. The number of nitrogens with one attached hydrogen (secondary N) is 2. The summed E-state index contributed by atoms with van der Waals surface area (Å²) in [6.07, 6.45) is -0.377. The molecule has 12 nitrogen and oxygen atoms in total. The molecule has 2 aliphatic carbocycles. The summed E-state index contributed by atoms with van der Waals surface area (Å²) in [4.78, 5) is 27.7. The van der Waals surface area contributed by atoms with Crippen LogP contribution in [0.1, 0.15) is 19.4 Å². The van der Waals surface area contributed by atoms with E-state index in [0.29, 0.717) is 29.9 Å². The zero-order valence-corrected chi connectivity index (χ0v) is 14.7. The van der Waals surface area contributed by atoms with Crippen molar-refractivity contribution in [2.75, 3.05) is 18.9 Å². The predicted molar refractivity (Wildman–Crippen MR) is 94.0 cm³/mol. The van der Waals surface area contributed by atoms with E-state index in [4.69, 9.17) is 5.53 Å². The molecule has 2 aliphatic rings. The van der Waals surface area contributed by atoms with Crippen LogP contribution in [0.4, 0.5) is 11.8 Å². The Morgan fingerprint density at radius 2 is 2.30 bits per heavy atom. The number of hydrogen-bond acceptors (Lipinski definition) is 8. The molecular weight excluding hydrogens is 354 g/mol. The van der Waals surface area contributed by atoms with Gasteiger partial charge < -0.3 is 25.4 Å². The molecule has 0 spiro atoms. The average Bonchev–Trinajstić information content (AvgIpc) is 3.19. The van der Waals surface area contributed by atoms with Crippen molar-refractivity contribution in [3.05, 3.63) is 16.8 Å². The SMILES string of the molecule is CCNc1nc(N=[N+]=[N-])nc2c1ncn2[C@@H]1C2C[C@]2(C(=O)NC)[C@@H](O)[C@H]1O. The van der Waals surface area contributed by atoms with E-state index in [9.17, 15) is 15.0 Å². The van der Waals surface area contributed by atoms with Crippen molar-refractivity contribution in [3.63, 3.8) is 0 Å². The first kappa shape index (κ1) is 17.5. The molecule has 1 amide bonds. The van der Waals surface area contributed by atoms with E-state index in [0.717, 1.165) is 0 Å². The van der Waals surface area contributed by atoms with Crippen molar-refractivity contribution in [1.82, 2.24) is 24.8 Å². The third kappa shape index (κ3) is 2.27. The lowest BCUT2D eigenvalue weighted by atomic mass is 9.98. The Labute approximate surface area is 153 Å². The largest absolute Gasteiger partial charge is 0.389 e. The number of carbonyl (C=O) groups is 1. The third-order valence-electron chi connectivity index (χ3n) is 5.53. The molecule has 2 aromatic heterocycles. The lowest BCUT2D eigenvalue weighted by molar-refractivity contribution is -0.132. The zero-order valence-electron chi connectivity index (χ0n) is 14.7. The van der Waals surface area contributed by atoms with Crippen LogP contribution in [0.15, 0.2) is 11.4 Å². The highest BCUT2D eigenvalue weighted by molar-refractivity contribution is 5.88. The van der Waals surface area contributed by atoms with Crippen molar-refractivity contribution in [3.8, 4) is 0 Å². The first-order valence-corrected chi connectivity index (χ1v) is 8.61. The Hall–Kier alpha value is -2.95. The Bertz CT molecular complexity index is 969. The molecule has 2 saturated carbocycles. The molecule has 2 fully saturated rings. The minimum Gasteiger partial charge on any atom is -0.389 e. The fourth-order valence-electron chi connectivity index (χ4n) is 4.29. The molecule has 0 radical (unpaired) electrons. The number of aliphatic hydroxyl groups is 2. The van der Waals surface area contributed by atoms with Crippen molar-refractivity contribution in [1.29, 1.82) is 0 Å². The molecule has 0 aromatic carbocycles. The summed E-state index contributed by atoms with van der Waals surface area (Å²) in [5.74, 6) is -0.210. The summed E-state index contributed by atoms with van der Waals surface area (Å²) >= 11 is 0. The number of nitrogens with zero attached hydrogens (tertiary/aromatic N) is 7. The van der Waals surface area contributed by atoms with Crippen molar-refractivity contribution >= 4 is 28.8 Å². The first-order chi connectivity index (χ1) is 13.0. The summed E-state index contributed by atoms with van der Waals surface area (Å²) in [7, 11) is 1.51. The normalized spacial score (nSPS) is 31.3. The Balaban J connectivity index is 1.83. The van der Waals surface area contributed by atoms with Crippen LogP contribution in [0.2, 0.25) is 0 Å². The molecule has 142 valence electrons. The molecule has 1 unspecified atom stereocenters. The maximum Gasteiger partial charge on any atom is 0.229 e. The molecule has 0 bridgehead atoms. The number of rotatable bonds is 5. The maximum atomic E-state index is 12.3. The van der Waals surface area contributed by atoms with E-state index < -0.39 is 23.7 Å². The van der Waals surface area contributed by atoms with E-state index in [1.54, 1.807) is 4.57 Å². The highest BCUT2D eigenvalue weighted by Gasteiger charge is 2.75. The van der Waals surface area contributed by atoms with Gasteiger partial charge in [-0.3, -0.25) is 4.79 Å². The Morgan fingerprint density at radius 1 is 1.52 bits per heavy atom. The van der Waals surface area contributed by atoms with Crippen LogP contribution in [0.25, 0.3) is 21.6 Å². The fourth-order valence-corrected chi connectivity index (χ4v) is 4.29. The number of anilines is 1. The molecule has 4 rings (SSSR count). The molecule has 0 saturated heterocycles. The summed E-state index contributed by atoms with van der Waals surface area (Å²) in [6.45, 7) is 2.46. The zero-order chi connectivity index (χ0) is 19.3. The van der Waals surface area contributed by atoms with Crippen LogP contribution in [0.3, 0.4) is 0 Å². The van der Waals surface area contributed by atoms with Gasteiger partial charge in [0.15, 0.2) is 11.5 Å². The number of fused-ring (bicyclic) bond motifs is 2. The highest BCUT2D eigenvalue weighted by Crippen LogP contribution is 2.67. The van der Waals surface area contributed by atoms with Gasteiger partial charge in [-0.1, -0.05) is 0 Å². The highest BCUT2D eigenvalue weighted by atomic mass is 16.3. The first-order valence-electron chi connectivity index (χ1n) is 8.61. The van der Waals surface area contributed by atoms with E-state index in [1.165, 1.54) is 13.4 Å². The molecule has 4 N–H and O–H groups in total. The second-order valence-electron chi connectivity index (χ2n) is 6.77. The van der Waals surface area contributed by atoms with Crippen molar-refractivity contribution in [2.45, 2.75) is 31.6 Å². The van der Waals surface area contributed by atoms with E-state index in [-0.39, 0.29) is 17.8 Å². The van der Waals surface area contributed by atoms with Crippen LogP contribution in [0.5, 0.6) is 0 Å². The van der Waals surface area contributed by atoms with Crippen LogP contribution in [0, 0.1) is 11.3 Å². The summed E-state index contributed by atoms with van der Waals surface area (Å²) < 4.78 is 1.63. The molecule has 27 heavy (non-hydrogen) atoms. The van der Waals surface area contributed by atoms with Gasteiger partial charge in [0.05, 0.1) is 23.9 Å².